The maximum atomic E-state index is 12.4. The Hall–Kier alpha value is -2.51. The summed E-state index contributed by atoms with van der Waals surface area (Å²) in [7, 11) is 0. The van der Waals surface area contributed by atoms with Crippen LogP contribution in [-0.2, 0) is 17.9 Å². The number of carbonyl (C=O) groups is 1. The number of aromatic nitrogens is 2. The summed E-state index contributed by atoms with van der Waals surface area (Å²) in [5.74, 6) is 1.13. The van der Waals surface area contributed by atoms with Gasteiger partial charge in [-0.25, -0.2) is 0 Å². The van der Waals surface area contributed by atoms with Gasteiger partial charge >= 0.3 is 0 Å². The van der Waals surface area contributed by atoms with Crippen molar-refractivity contribution in [3.8, 4) is 10.8 Å². The lowest BCUT2D eigenvalue weighted by Crippen LogP contribution is -3.12. The van der Waals surface area contributed by atoms with Gasteiger partial charge in [0.25, 0.3) is 17.7 Å². The maximum absolute atomic E-state index is 12.4. The van der Waals surface area contributed by atoms with Crippen molar-refractivity contribution in [1.82, 2.24) is 15.5 Å². The predicted octanol–water partition coefficient (Wildman–Crippen LogP) is 2.22. The second-order valence-corrected chi connectivity index (χ2v) is 7.48. The number of rotatable bonds is 9. The number of quaternary nitrogens is 1. The van der Waals surface area contributed by atoms with Gasteiger partial charge in [-0.1, -0.05) is 37.3 Å². The third-order valence-electron chi connectivity index (χ3n) is 4.35. The molecule has 0 aliphatic carbocycles. The van der Waals surface area contributed by atoms with E-state index >= 15 is 0 Å². The van der Waals surface area contributed by atoms with Crippen molar-refractivity contribution < 1.29 is 14.1 Å². The lowest BCUT2D eigenvalue weighted by Gasteiger charge is -2.16. The highest BCUT2D eigenvalue weighted by molar-refractivity contribution is 7.13. The van der Waals surface area contributed by atoms with Gasteiger partial charge in [-0.15, -0.1) is 21.5 Å². The van der Waals surface area contributed by atoms with Gasteiger partial charge in [0.15, 0.2) is 13.1 Å². The summed E-state index contributed by atoms with van der Waals surface area (Å²) in [4.78, 5) is 14.5. The van der Waals surface area contributed by atoms with Crippen LogP contribution < -0.4 is 10.2 Å². The fourth-order valence-electron chi connectivity index (χ4n) is 2.92. The van der Waals surface area contributed by atoms with Gasteiger partial charge in [-0.2, -0.15) is 0 Å². The summed E-state index contributed by atoms with van der Waals surface area (Å²) in [6, 6.07) is 12.0. The van der Waals surface area contributed by atoms with Crippen LogP contribution in [0.15, 0.2) is 46.2 Å². The van der Waals surface area contributed by atoms with E-state index in [1.54, 1.807) is 11.3 Å². The molecule has 6 nitrogen and oxygen atoms in total. The highest BCUT2D eigenvalue weighted by Crippen LogP contribution is 2.22. The molecule has 27 heavy (non-hydrogen) atoms. The first-order valence-corrected chi connectivity index (χ1v) is 10.0. The largest absolute Gasteiger partial charge is 0.414 e. The summed E-state index contributed by atoms with van der Waals surface area (Å²) in [6.45, 7) is 6.51. The van der Waals surface area contributed by atoms with Crippen LogP contribution in [-0.4, -0.2) is 29.2 Å². The standard InChI is InChI=1S/C20H24N4O2S/c1-3-10-24(13-18(25)21-12-16-8-5-4-7-15(16)2)14-19-22-23-20(26-19)17-9-6-11-27-17/h4-9,11H,3,10,12-14H2,1-2H3,(H,21,25)/p+1. The van der Waals surface area contributed by atoms with Gasteiger partial charge in [0.05, 0.1) is 11.4 Å². The molecule has 3 aromatic rings. The fraction of sp³-hybridized carbons (Fsp3) is 0.350. The fourth-order valence-corrected chi connectivity index (χ4v) is 3.57. The minimum atomic E-state index is 0.0275. The quantitative estimate of drug-likeness (QED) is 0.592. The van der Waals surface area contributed by atoms with Gasteiger partial charge < -0.3 is 14.6 Å². The topological polar surface area (TPSA) is 72.5 Å². The Labute approximate surface area is 163 Å². The van der Waals surface area contributed by atoms with Gasteiger partial charge in [-0.3, -0.25) is 4.79 Å². The first kappa shape index (κ1) is 19.3. The molecule has 1 aromatic carbocycles. The Morgan fingerprint density at radius 1 is 1.22 bits per heavy atom. The lowest BCUT2D eigenvalue weighted by atomic mass is 10.1. The Morgan fingerprint density at radius 2 is 2.07 bits per heavy atom. The molecule has 0 aliphatic heterocycles. The number of thiophene rings is 1. The molecule has 7 heteroatoms. The van der Waals surface area contributed by atoms with Gasteiger partial charge in [-0.05, 0) is 35.9 Å². The number of hydrogen-bond acceptors (Lipinski definition) is 5. The van der Waals surface area contributed by atoms with Gasteiger partial charge in [0.2, 0.25) is 0 Å². The van der Waals surface area contributed by atoms with E-state index in [9.17, 15) is 4.79 Å². The lowest BCUT2D eigenvalue weighted by molar-refractivity contribution is -0.907. The van der Waals surface area contributed by atoms with Crippen LogP contribution in [0.3, 0.4) is 0 Å². The second kappa shape index (κ2) is 9.43. The summed E-state index contributed by atoms with van der Waals surface area (Å²) in [6.07, 6.45) is 0.978. The number of aryl methyl sites for hydroxylation is 1. The molecule has 2 N–H and O–H groups in total. The highest BCUT2D eigenvalue weighted by Gasteiger charge is 2.18. The number of nitrogens with one attached hydrogen (secondary N) is 2. The Bertz CT molecular complexity index is 861. The molecule has 0 bridgehead atoms. The molecule has 0 aliphatic rings. The Kier molecular flexibility index (Phi) is 6.73. The molecular formula is C20H25N4O2S+. The average molecular weight is 386 g/mol. The third kappa shape index (κ3) is 5.48. The van der Waals surface area contributed by atoms with Crippen molar-refractivity contribution in [3.63, 3.8) is 0 Å². The van der Waals surface area contributed by atoms with Crippen LogP contribution in [0.25, 0.3) is 10.8 Å². The summed E-state index contributed by atoms with van der Waals surface area (Å²) in [5.41, 5.74) is 2.32. The molecule has 0 spiro atoms. The van der Waals surface area contributed by atoms with Crippen LogP contribution >= 0.6 is 11.3 Å². The van der Waals surface area contributed by atoms with Crippen molar-refractivity contribution in [2.75, 3.05) is 13.1 Å². The summed E-state index contributed by atoms with van der Waals surface area (Å²) < 4.78 is 5.77. The zero-order valence-corrected chi connectivity index (χ0v) is 16.5. The summed E-state index contributed by atoms with van der Waals surface area (Å²) >= 11 is 1.57. The van der Waals surface area contributed by atoms with Crippen molar-refractivity contribution in [2.45, 2.75) is 33.4 Å². The van der Waals surface area contributed by atoms with E-state index in [0.717, 1.165) is 28.3 Å². The van der Waals surface area contributed by atoms with Crippen molar-refractivity contribution in [1.29, 1.82) is 0 Å². The van der Waals surface area contributed by atoms with E-state index in [0.29, 0.717) is 31.4 Å². The molecule has 1 atom stereocenters. The number of hydrogen-bond donors (Lipinski definition) is 2. The molecule has 2 heterocycles. The molecule has 3 rings (SSSR count). The molecule has 0 saturated carbocycles. The first-order valence-electron chi connectivity index (χ1n) is 9.16. The number of carbonyl (C=O) groups excluding carboxylic acids is 1. The zero-order chi connectivity index (χ0) is 19.1. The molecule has 142 valence electrons. The van der Waals surface area contributed by atoms with E-state index in [1.807, 2.05) is 35.7 Å². The normalized spacial score (nSPS) is 12.1. The van der Waals surface area contributed by atoms with Crippen LogP contribution in [0.4, 0.5) is 0 Å². The van der Waals surface area contributed by atoms with E-state index < -0.39 is 0 Å². The Morgan fingerprint density at radius 3 is 2.81 bits per heavy atom. The predicted molar refractivity (Wildman–Crippen MR) is 105 cm³/mol. The minimum absolute atomic E-state index is 0.0275. The molecule has 2 aromatic heterocycles. The Balaban J connectivity index is 1.55. The average Bonchev–Trinajstić information content (AvgIpc) is 3.33. The second-order valence-electron chi connectivity index (χ2n) is 6.54. The van der Waals surface area contributed by atoms with Crippen LogP contribution in [0.2, 0.25) is 0 Å². The minimum Gasteiger partial charge on any atom is -0.414 e. The molecular weight excluding hydrogens is 360 g/mol. The molecule has 1 unspecified atom stereocenters. The number of benzene rings is 1. The van der Waals surface area contributed by atoms with Crippen LogP contribution in [0.1, 0.15) is 30.4 Å². The molecule has 0 saturated heterocycles. The SMILES string of the molecule is CCC[NH+](CC(=O)NCc1ccccc1C)Cc1nnc(-c2cccs2)o1. The van der Waals surface area contributed by atoms with E-state index in [-0.39, 0.29) is 5.91 Å². The zero-order valence-electron chi connectivity index (χ0n) is 15.7. The molecule has 1 amide bonds. The van der Waals surface area contributed by atoms with Crippen LogP contribution in [0, 0.1) is 6.92 Å². The number of amides is 1. The summed E-state index contributed by atoms with van der Waals surface area (Å²) in [5, 5.41) is 13.3. The molecule has 0 fully saturated rings. The van der Waals surface area contributed by atoms with E-state index in [4.69, 9.17) is 4.42 Å². The highest BCUT2D eigenvalue weighted by atomic mass is 32.1. The van der Waals surface area contributed by atoms with Crippen LogP contribution in [0.5, 0.6) is 0 Å². The number of nitrogens with zero attached hydrogens (tertiary/aromatic N) is 2. The van der Waals surface area contributed by atoms with Gasteiger partial charge in [0.1, 0.15) is 0 Å². The maximum Gasteiger partial charge on any atom is 0.275 e. The van der Waals surface area contributed by atoms with Crippen molar-refractivity contribution in [3.05, 3.63) is 58.8 Å². The van der Waals surface area contributed by atoms with E-state index in [2.05, 4.69) is 35.4 Å². The van der Waals surface area contributed by atoms with Crippen molar-refractivity contribution in [2.24, 2.45) is 0 Å². The van der Waals surface area contributed by atoms with Gasteiger partial charge in [0, 0.05) is 6.54 Å². The van der Waals surface area contributed by atoms with E-state index in [1.165, 1.54) is 5.56 Å². The monoisotopic (exact) mass is 385 g/mol. The first-order chi connectivity index (χ1) is 13.2. The molecule has 0 radical (unpaired) electrons. The smallest absolute Gasteiger partial charge is 0.275 e. The third-order valence-corrected chi connectivity index (χ3v) is 5.21. The van der Waals surface area contributed by atoms with Crippen molar-refractivity contribution >= 4 is 17.2 Å².